The molecular formula is C12H14ClNO4S. The van der Waals surface area contributed by atoms with Crippen LogP contribution in [0.3, 0.4) is 0 Å². The zero-order valence-corrected chi connectivity index (χ0v) is 12.0. The number of methoxy groups -OCH3 is 1. The van der Waals surface area contributed by atoms with Crippen molar-refractivity contribution in [1.82, 2.24) is 5.32 Å². The van der Waals surface area contributed by atoms with Crippen molar-refractivity contribution in [3.05, 3.63) is 21.3 Å². The molecule has 0 saturated carbocycles. The molecule has 5 nitrogen and oxygen atoms in total. The van der Waals surface area contributed by atoms with Gasteiger partial charge >= 0.3 is 5.97 Å². The third-order valence-electron chi connectivity index (χ3n) is 2.31. The Hall–Kier alpha value is -1.40. The number of ketones is 1. The molecule has 0 aliphatic heterocycles. The first-order valence-electron chi connectivity index (χ1n) is 5.65. The molecule has 104 valence electrons. The van der Waals surface area contributed by atoms with E-state index in [-0.39, 0.29) is 43.5 Å². The number of Topliss-reactive ketones (excluding diaryl/α,β-unsaturated/α-hetero) is 1. The van der Waals surface area contributed by atoms with Crippen molar-refractivity contribution in [2.45, 2.75) is 19.3 Å². The maximum atomic E-state index is 11.7. The quantitative estimate of drug-likeness (QED) is 0.618. The second kappa shape index (κ2) is 7.91. The van der Waals surface area contributed by atoms with E-state index in [1.807, 2.05) is 0 Å². The minimum atomic E-state index is -0.385. The van der Waals surface area contributed by atoms with E-state index < -0.39 is 0 Å². The molecule has 0 aromatic carbocycles. The monoisotopic (exact) mass is 303 g/mol. The minimum Gasteiger partial charge on any atom is -0.469 e. The van der Waals surface area contributed by atoms with Crippen LogP contribution in [0.2, 0.25) is 4.34 Å². The van der Waals surface area contributed by atoms with Gasteiger partial charge in [-0.25, -0.2) is 0 Å². The smallest absolute Gasteiger partial charge is 0.307 e. The first kappa shape index (κ1) is 15.7. The van der Waals surface area contributed by atoms with Crippen molar-refractivity contribution in [3.63, 3.8) is 0 Å². The van der Waals surface area contributed by atoms with Gasteiger partial charge in [-0.05, 0) is 12.1 Å². The van der Waals surface area contributed by atoms with Crippen LogP contribution in [0.15, 0.2) is 12.1 Å². The molecule has 1 rings (SSSR count). The van der Waals surface area contributed by atoms with Crippen LogP contribution in [0, 0.1) is 0 Å². The van der Waals surface area contributed by atoms with Gasteiger partial charge in [0.05, 0.1) is 22.7 Å². The zero-order valence-electron chi connectivity index (χ0n) is 10.4. The van der Waals surface area contributed by atoms with Gasteiger partial charge in [-0.2, -0.15) is 0 Å². The van der Waals surface area contributed by atoms with Gasteiger partial charge in [-0.15, -0.1) is 11.3 Å². The number of rotatable bonds is 7. The van der Waals surface area contributed by atoms with Gasteiger partial charge in [0.15, 0.2) is 5.78 Å². The number of halogens is 1. The maximum Gasteiger partial charge on any atom is 0.307 e. The maximum absolute atomic E-state index is 11.7. The average Bonchev–Trinajstić information content (AvgIpc) is 2.82. The number of amides is 1. The summed E-state index contributed by atoms with van der Waals surface area (Å²) >= 11 is 6.92. The molecule has 7 heteroatoms. The molecule has 0 radical (unpaired) electrons. The largest absolute Gasteiger partial charge is 0.469 e. The molecule has 0 spiro atoms. The van der Waals surface area contributed by atoms with Crippen LogP contribution in [-0.2, 0) is 14.3 Å². The van der Waals surface area contributed by atoms with E-state index in [1.54, 1.807) is 12.1 Å². The lowest BCUT2D eigenvalue weighted by molar-refractivity contribution is -0.140. The van der Waals surface area contributed by atoms with Crippen molar-refractivity contribution in [2.75, 3.05) is 13.7 Å². The summed E-state index contributed by atoms with van der Waals surface area (Å²) in [6.07, 6.45) is 0.340. The van der Waals surface area contributed by atoms with E-state index in [9.17, 15) is 14.4 Å². The molecule has 0 bridgehead atoms. The molecule has 0 atom stereocenters. The molecule has 0 aliphatic carbocycles. The Kier molecular flexibility index (Phi) is 6.52. The van der Waals surface area contributed by atoms with Gasteiger partial charge in [0, 0.05) is 19.4 Å². The number of hydrogen-bond acceptors (Lipinski definition) is 5. The lowest BCUT2D eigenvalue weighted by atomic mass is 10.2. The molecule has 1 heterocycles. The average molecular weight is 304 g/mol. The van der Waals surface area contributed by atoms with E-state index in [4.69, 9.17) is 11.6 Å². The summed E-state index contributed by atoms with van der Waals surface area (Å²) in [5, 5.41) is 2.55. The fraction of sp³-hybridized carbons (Fsp3) is 0.417. The van der Waals surface area contributed by atoms with Gasteiger partial charge in [0.2, 0.25) is 5.91 Å². The number of ether oxygens (including phenoxy) is 1. The Balaban J connectivity index is 2.23. The Morgan fingerprint density at radius 1 is 1.26 bits per heavy atom. The summed E-state index contributed by atoms with van der Waals surface area (Å²) in [5.41, 5.74) is 0. The number of thiophene rings is 1. The topological polar surface area (TPSA) is 72.5 Å². The highest BCUT2D eigenvalue weighted by atomic mass is 35.5. The third-order valence-corrected chi connectivity index (χ3v) is 3.58. The molecule has 1 aromatic rings. The molecule has 1 amide bonds. The molecule has 19 heavy (non-hydrogen) atoms. The van der Waals surface area contributed by atoms with Crippen molar-refractivity contribution in [3.8, 4) is 0 Å². The highest BCUT2D eigenvalue weighted by molar-refractivity contribution is 7.18. The predicted molar refractivity (Wildman–Crippen MR) is 72.5 cm³/mol. The summed E-state index contributed by atoms with van der Waals surface area (Å²) in [6, 6.07) is 3.29. The summed E-state index contributed by atoms with van der Waals surface area (Å²) in [5.74, 6) is -0.760. The van der Waals surface area contributed by atoms with Gasteiger partial charge in [0.25, 0.3) is 0 Å². The second-order valence-corrected chi connectivity index (χ2v) is 5.42. The first-order chi connectivity index (χ1) is 9.02. The van der Waals surface area contributed by atoms with E-state index in [0.29, 0.717) is 9.21 Å². The fourth-order valence-electron chi connectivity index (χ4n) is 1.31. The van der Waals surface area contributed by atoms with Gasteiger partial charge in [-0.1, -0.05) is 11.6 Å². The summed E-state index contributed by atoms with van der Waals surface area (Å²) in [7, 11) is 1.29. The van der Waals surface area contributed by atoms with Crippen LogP contribution in [0.1, 0.15) is 28.9 Å². The SMILES string of the molecule is COC(=O)CCNC(=O)CCC(=O)c1ccc(Cl)s1. The van der Waals surface area contributed by atoms with Gasteiger partial charge in [0.1, 0.15) is 0 Å². The highest BCUT2D eigenvalue weighted by Crippen LogP contribution is 2.22. The number of nitrogens with one attached hydrogen (secondary N) is 1. The molecule has 1 aromatic heterocycles. The third kappa shape index (κ3) is 5.85. The van der Waals surface area contributed by atoms with E-state index >= 15 is 0 Å². The number of esters is 1. The molecular weight excluding hydrogens is 290 g/mol. The lowest BCUT2D eigenvalue weighted by Gasteiger charge is -2.03. The number of carbonyl (C=O) groups excluding carboxylic acids is 3. The normalized spacial score (nSPS) is 10.0. The van der Waals surface area contributed by atoms with E-state index in [0.717, 1.165) is 0 Å². The summed E-state index contributed by atoms with van der Waals surface area (Å²) in [4.78, 5) is 34.5. The Bertz CT molecular complexity index is 472. The fourth-order valence-corrected chi connectivity index (χ4v) is 2.32. The molecule has 0 unspecified atom stereocenters. The van der Waals surface area contributed by atoms with Crippen LogP contribution in [0.25, 0.3) is 0 Å². The first-order valence-corrected chi connectivity index (χ1v) is 6.84. The minimum absolute atomic E-state index is 0.0928. The zero-order chi connectivity index (χ0) is 14.3. The van der Waals surface area contributed by atoms with Crippen LogP contribution in [0.4, 0.5) is 0 Å². The lowest BCUT2D eigenvalue weighted by Crippen LogP contribution is -2.26. The number of hydrogen-bond donors (Lipinski definition) is 1. The van der Waals surface area contributed by atoms with E-state index in [1.165, 1.54) is 18.4 Å². The molecule has 0 aliphatic rings. The molecule has 0 fully saturated rings. The van der Waals surface area contributed by atoms with Crippen molar-refractivity contribution in [1.29, 1.82) is 0 Å². The van der Waals surface area contributed by atoms with Crippen molar-refractivity contribution >= 4 is 40.6 Å². The summed E-state index contributed by atoms with van der Waals surface area (Å²) in [6.45, 7) is 0.213. The van der Waals surface area contributed by atoms with Crippen LogP contribution >= 0.6 is 22.9 Å². The van der Waals surface area contributed by atoms with Gasteiger partial charge < -0.3 is 10.1 Å². The number of carbonyl (C=O) groups is 3. The highest BCUT2D eigenvalue weighted by Gasteiger charge is 2.11. The Morgan fingerprint density at radius 3 is 2.58 bits per heavy atom. The van der Waals surface area contributed by atoms with Crippen molar-refractivity contribution in [2.24, 2.45) is 0 Å². The Morgan fingerprint density at radius 2 is 2.00 bits per heavy atom. The predicted octanol–water partition coefficient (Wildman–Crippen LogP) is 2.04. The van der Waals surface area contributed by atoms with Crippen molar-refractivity contribution < 1.29 is 19.1 Å². The second-order valence-electron chi connectivity index (χ2n) is 3.70. The molecule has 0 saturated heterocycles. The van der Waals surface area contributed by atoms with Gasteiger partial charge in [-0.3, -0.25) is 14.4 Å². The van der Waals surface area contributed by atoms with Crippen LogP contribution in [0.5, 0.6) is 0 Å². The van der Waals surface area contributed by atoms with Crippen LogP contribution in [-0.4, -0.2) is 31.3 Å². The molecule has 1 N–H and O–H groups in total. The van der Waals surface area contributed by atoms with E-state index in [2.05, 4.69) is 10.1 Å². The Labute approximate surface area is 119 Å². The summed E-state index contributed by atoms with van der Waals surface area (Å²) < 4.78 is 4.98. The standard InChI is InChI=1S/C12H14ClNO4S/c1-18-12(17)6-7-14-11(16)5-2-8(15)9-3-4-10(13)19-9/h3-4H,2,5-7H2,1H3,(H,14,16). The van der Waals surface area contributed by atoms with Crippen LogP contribution < -0.4 is 5.32 Å².